The number of carbonyl (C=O) groups excluding carboxylic acids is 1. The summed E-state index contributed by atoms with van der Waals surface area (Å²) >= 11 is 0. The van der Waals surface area contributed by atoms with Crippen molar-refractivity contribution in [2.75, 3.05) is 36.5 Å². The lowest BCUT2D eigenvalue weighted by Gasteiger charge is -2.31. The maximum absolute atomic E-state index is 13.1. The first-order chi connectivity index (χ1) is 15.1. The second-order valence-electron chi connectivity index (χ2n) is 8.55. The first-order valence-corrected chi connectivity index (χ1v) is 10.8. The van der Waals surface area contributed by atoms with Crippen molar-refractivity contribution in [2.24, 2.45) is 11.7 Å². The standard InChI is InChI=1S/C23H27N5O3/c1-23(16-3-4-16)13-15-11-18(19(12-20(15)31-23)28-7-9-30-10-8-28)27-22(29)17(14-24)21-25-5-2-6-26-21/h2,5-6,11-12,14,16H,3-4,7-10,13,24H2,1H3,(H,27,29). The van der Waals surface area contributed by atoms with Crippen LogP contribution in [0.2, 0.25) is 0 Å². The van der Waals surface area contributed by atoms with Crippen molar-refractivity contribution < 1.29 is 14.3 Å². The van der Waals surface area contributed by atoms with Gasteiger partial charge in [-0.05, 0) is 37.8 Å². The number of carbonyl (C=O) groups is 1. The van der Waals surface area contributed by atoms with E-state index < -0.39 is 0 Å². The van der Waals surface area contributed by atoms with Gasteiger partial charge in [0.25, 0.3) is 5.91 Å². The molecule has 3 N–H and O–H groups in total. The third kappa shape index (κ3) is 3.83. The zero-order valence-corrected chi connectivity index (χ0v) is 17.6. The van der Waals surface area contributed by atoms with Crippen molar-refractivity contribution in [1.29, 1.82) is 0 Å². The van der Waals surface area contributed by atoms with E-state index in [-0.39, 0.29) is 17.1 Å². The molecule has 31 heavy (non-hydrogen) atoms. The lowest BCUT2D eigenvalue weighted by atomic mass is 9.94. The van der Waals surface area contributed by atoms with E-state index in [1.807, 2.05) is 6.07 Å². The number of anilines is 2. The molecular weight excluding hydrogens is 394 g/mol. The molecule has 2 aromatic rings. The number of fused-ring (bicyclic) bond motifs is 1. The first kappa shape index (κ1) is 19.8. The zero-order valence-electron chi connectivity index (χ0n) is 17.6. The molecule has 1 saturated carbocycles. The van der Waals surface area contributed by atoms with E-state index in [4.69, 9.17) is 15.2 Å². The molecule has 1 amide bonds. The molecule has 8 heteroatoms. The van der Waals surface area contributed by atoms with Crippen LogP contribution in [0.3, 0.4) is 0 Å². The summed E-state index contributed by atoms with van der Waals surface area (Å²) < 4.78 is 11.9. The number of nitrogens with one attached hydrogen (secondary N) is 1. The molecule has 1 aliphatic carbocycles. The topological polar surface area (TPSA) is 103 Å². The predicted octanol–water partition coefficient (Wildman–Crippen LogP) is 2.36. The molecule has 3 heterocycles. The Morgan fingerprint density at radius 2 is 2.00 bits per heavy atom. The van der Waals surface area contributed by atoms with Crippen molar-refractivity contribution >= 4 is 22.9 Å². The van der Waals surface area contributed by atoms with Gasteiger partial charge in [-0.3, -0.25) is 4.79 Å². The molecule has 1 unspecified atom stereocenters. The van der Waals surface area contributed by atoms with Crippen molar-refractivity contribution in [3.8, 4) is 5.75 Å². The lowest BCUT2D eigenvalue weighted by Crippen LogP contribution is -2.37. The number of nitrogens with two attached hydrogens (primary N) is 1. The van der Waals surface area contributed by atoms with Gasteiger partial charge in [-0.25, -0.2) is 9.97 Å². The highest BCUT2D eigenvalue weighted by Gasteiger charge is 2.47. The summed E-state index contributed by atoms with van der Waals surface area (Å²) in [6.45, 7) is 5.00. The fourth-order valence-corrected chi connectivity index (χ4v) is 4.48. The van der Waals surface area contributed by atoms with Crippen molar-refractivity contribution in [3.63, 3.8) is 0 Å². The van der Waals surface area contributed by atoms with Crippen LogP contribution < -0.4 is 20.7 Å². The molecular formula is C23H27N5O3. The molecule has 0 spiro atoms. The largest absolute Gasteiger partial charge is 0.487 e. The molecule has 5 rings (SSSR count). The van der Waals surface area contributed by atoms with Crippen molar-refractivity contribution in [3.05, 3.63) is 48.2 Å². The van der Waals surface area contributed by atoms with Crippen LogP contribution in [0.15, 0.2) is 36.8 Å². The summed E-state index contributed by atoms with van der Waals surface area (Å²) in [5.74, 6) is 1.47. The molecule has 1 aromatic carbocycles. The molecule has 1 saturated heterocycles. The van der Waals surface area contributed by atoms with E-state index >= 15 is 0 Å². The maximum atomic E-state index is 13.1. The SMILES string of the molecule is CC1(C2CC2)Cc2cc(NC(=O)C(=CN)c3ncccn3)c(N3CCOCC3)cc2O1. The number of ether oxygens (including phenoxy) is 2. The summed E-state index contributed by atoms with van der Waals surface area (Å²) in [7, 11) is 0. The summed E-state index contributed by atoms with van der Waals surface area (Å²) in [6.07, 6.45) is 7.70. The summed E-state index contributed by atoms with van der Waals surface area (Å²) in [5, 5.41) is 3.05. The highest BCUT2D eigenvalue weighted by atomic mass is 16.5. The van der Waals surface area contributed by atoms with Gasteiger partial charge >= 0.3 is 0 Å². The smallest absolute Gasteiger partial charge is 0.261 e. The monoisotopic (exact) mass is 421 g/mol. The molecule has 1 aromatic heterocycles. The minimum absolute atomic E-state index is 0.159. The molecule has 0 radical (unpaired) electrons. The average molecular weight is 422 g/mol. The molecule has 162 valence electrons. The van der Waals surface area contributed by atoms with Crippen LogP contribution in [0, 0.1) is 5.92 Å². The van der Waals surface area contributed by atoms with Gasteiger partial charge in [0, 0.05) is 49.7 Å². The number of hydrogen-bond donors (Lipinski definition) is 2. The van der Waals surface area contributed by atoms with Crippen LogP contribution in [-0.4, -0.2) is 47.8 Å². The number of benzene rings is 1. The minimum Gasteiger partial charge on any atom is -0.487 e. The minimum atomic E-state index is -0.341. The van der Waals surface area contributed by atoms with Gasteiger partial charge in [-0.2, -0.15) is 0 Å². The number of rotatable bonds is 5. The highest BCUT2D eigenvalue weighted by Crippen LogP contribution is 2.50. The van der Waals surface area contributed by atoms with Gasteiger partial charge in [0.15, 0.2) is 5.82 Å². The van der Waals surface area contributed by atoms with Crippen LogP contribution >= 0.6 is 0 Å². The van der Waals surface area contributed by atoms with Gasteiger partial charge in [0.2, 0.25) is 0 Å². The number of hydrogen-bond acceptors (Lipinski definition) is 7. The number of amides is 1. The molecule has 1 atom stereocenters. The third-order valence-corrected chi connectivity index (χ3v) is 6.32. The highest BCUT2D eigenvalue weighted by molar-refractivity contribution is 6.24. The van der Waals surface area contributed by atoms with Gasteiger partial charge in [0.1, 0.15) is 11.4 Å². The summed E-state index contributed by atoms with van der Waals surface area (Å²) in [6, 6.07) is 5.81. The van der Waals surface area contributed by atoms with Gasteiger partial charge in [-0.1, -0.05) is 0 Å². The van der Waals surface area contributed by atoms with Crippen molar-refractivity contribution in [1.82, 2.24) is 9.97 Å². The molecule has 0 bridgehead atoms. The lowest BCUT2D eigenvalue weighted by molar-refractivity contribution is -0.111. The Morgan fingerprint density at radius 3 is 2.68 bits per heavy atom. The second-order valence-corrected chi connectivity index (χ2v) is 8.55. The zero-order chi connectivity index (χ0) is 21.4. The van der Waals surface area contributed by atoms with Gasteiger partial charge < -0.3 is 25.4 Å². The van der Waals surface area contributed by atoms with Crippen molar-refractivity contribution in [2.45, 2.75) is 31.8 Å². The predicted molar refractivity (Wildman–Crippen MR) is 118 cm³/mol. The van der Waals surface area contributed by atoms with Crippen LogP contribution in [0.25, 0.3) is 5.57 Å². The van der Waals surface area contributed by atoms with E-state index in [9.17, 15) is 4.79 Å². The molecule has 2 aliphatic heterocycles. The Hall–Kier alpha value is -3.13. The number of morpholine rings is 1. The Labute approximate surface area is 181 Å². The third-order valence-electron chi connectivity index (χ3n) is 6.32. The van der Waals surface area contributed by atoms with Crippen LogP contribution in [0.5, 0.6) is 5.75 Å². The average Bonchev–Trinajstić information content (AvgIpc) is 3.59. The van der Waals surface area contributed by atoms with E-state index in [0.717, 1.165) is 42.2 Å². The van der Waals surface area contributed by atoms with Crippen LogP contribution in [-0.2, 0) is 16.0 Å². The molecule has 2 fully saturated rings. The quantitative estimate of drug-likeness (QED) is 0.715. The van der Waals surface area contributed by atoms with Crippen LogP contribution in [0.1, 0.15) is 31.2 Å². The van der Waals surface area contributed by atoms with Gasteiger partial charge in [0.05, 0.1) is 30.2 Å². The Bertz CT molecular complexity index is 1020. The Morgan fingerprint density at radius 1 is 1.26 bits per heavy atom. The molecule has 3 aliphatic rings. The number of aromatic nitrogens is 2. The van der Waals surface area contributed by atoms with E-state index in [1.54, 1.807) is 18.5 Å². The first-order valence-electron chi connectivity index (χ1n) is 10.8. The van der Waals surface area contributed by atoms with E-state index in [0.29, 0.717) is 25.0 Å². The normalized spacial score (nSPS) is 23.3. The summed E-state index contributed by atoms with van der Waals surface area (Å²) in [5.41, 5.74) is 8.62. The second kappa shape index (κ2) is 7.85. The molecule has 8 nitrogen and oxygen atoms in total. The summed E-state index contributed by atoms with van der Waals surface area (Å²) in [4.78, 5) is 23.7. The fraction of sp³-hybridized carbons (Fsp3) is 0.435. The fourth-order valence-electron chi connectivity index (χ4n) is 4.48. The van der Waals surface area contributed by atoms with Crippen LogP contribution in [0.4, 0.5) is 11.4 Å². The maximum Gasteiger partial charge on any atom is 0.261 e. The Kier molecular flexibility index (Phi) is 5.02. The van der Waals surface area contributed by atoms with Gasteiger partial charge in [-0.15, -0.1) is 0 Å². The van der Waals surface area contributed by atoms with E-state index in [2.05, 4.69) is 33.2 Å². The number of nitrogens with zero attached hydrogens (tertiary/aromatic N) is 3. The Balaban J connectivity index is 1.47. The van der Waals surface area contributed by atoms with E-state index in [1.165, 1.54) is 19.0 Å².